The molecule has 0 saturated heterocycles. The van der Waals surface area contributed by atoms with Gasteiger partial charge in [0.1, 0.15) is 0 Å². The zero-order chi connectivity index (χ0) is 11.3. The van der Waals surface area contributed by atoms with E-state index < -0.39 is 0 Å². The number of carbonyl (C=O) groups is 1. The Bertz CT molecular complexity index is 333. The van der Waals surface area contributed by atoms with Crippen LogP contribution in [0.2, 0.25) is 0 Å². The molecule has 0 saturated carbocycles. The lowest BCUT2D eigenvalue weighted by atomic mass is 10.0. The summed E-state index contributed by atoms with van der Waals surface area (Å²) in [6.45, 7) is 6.83. The first kappa shape index (κ1) is 11.9. The third-order valence-electron chi connectivity index (χ3n) is 2.52. The van der Waals surface area contributed by atoms with Crippen molar-refractivity contribution in [1.29, 1.82) is 0 Å². The summed E-state index contributed by atoms with van der Waals surface area (Å²) in [4.78, 5) is 11.9. The van der Waals surface area contributed by atoms with Crippen LogP contribution < -0.4 is 5.32 Å². The molecule has 1 atom stereocenters. The number of Topliss-reactive ketones (excluding diaryl/α,β-unsaturated/α-hetero) is 1. The van der Waals surface area contributed by atoms with Gasteiger partial charge in [-0.25, -0.2) is 0 Å². The molecule has 1 N–H and O–H groups in total. The molecular formula is C13H19NO. The topological polar surface area (TPSA) is 29.1 Å². The number of benzene rings is 1. The second kappa shape index (κ2) is 5.66. The number of rotatable bonds is 5. The highest BCUT2D eigenvalue weighted by Crippen LogP contribution is 2.08. The van der Waals surface area contributed by atoms with E-state index in [0.717, 1.165) is 18.5 Å². The summed E-state index contributed by atoms with van der Waals surface area (Å²) in [7, 11) is 0. The van der Waals surface area contributed by atoms with Crippen molar-refractivity contribution < 1.29 is 4.79 Å². The first-order chi connectivity index (χ1) is 7.19. The van der Waals surface area contributed by atoms with E-state index in [-0.39, 0.29) is 11.8 Å². The molecule has 82 valence electrons. The van der Waals surface area contributed by atoms with Gasteiger partial charge in [-0.05, 0) is 31.5 Å². The van der Waals surface area contributed by atoms with Crippen LogP contribution in [-0.2, 0) is 6.42 Å². The van der Waals surface area contributed by atoms with Crippen molar-refractivity contribution in [3.8, 4) is 0 Å². The van der Waals surface area contributed by atoms with E-state index in [1.807, 2.05) is 32.0 Å². The Morgan fingerprint density at radius 1 is 1.40 bits per heavy atom. The van der Waals surface area contributed by atoms with Crippen LogP contribution in [0, 0.1) is 0 Å². The zero-order valence-electron chi connectivity index (χ0n) is 9.71. The largest absolute Gasteiger partial charge is 0.308 e. The molecule has 0 aliphatic heterocycles. The highest BCUT2D eigenvalue weighted by atomic mass is 16.1. The molecule has 2 nitrogen and oxygen atoms in total. The molecule has 1 rings (SSSR count). The third kappa shape index (κ3) is 3.17. The number of ketones is 1. The highest BCUT2D eigenvalue weighted by molar-refractivity contribution is 5.99. The molecule has 0 bridgehead atoms. The third-order valence-corrected chi connectivity index (χ3v) is 2.52. The van der Waals surface area contributed by atoms with Crippen molar-refractivity contribution in [3.05, 3.63) is 35.4 Å². The molecular weight excluding hydrogens is 186 g/mol. The van der Waals surface area contributed by atoms with Crippen molar-refractivity contribution in [1.82, 2.24) is 5.32 Å². The van der Waals surface area contributed by atoms with Crippen molar-refractivity contribution in [2.45, 2.75) is 33.2 Å². The molecule has 0 aliphatic carbocycles. The van der Waals surface area contributed by atoms with Gasteiger partial charge in [-0.15, -0.1) is 0 Å². The van der Waals surface area contributed by atoms with E-state index in [0.29, 0.717) is 0 Å². The van der Waals surface area contributed by atoms with Crippen molar-refractivity contribution >= 4 is 5.78 Å². The lowest BCUT2D eigenvalue weighted by Gasteiger charge is -2.11. The summed E-state index contributed by atoms with van der Waals surface area (Å²) in [6.07, 6.45) is 0.969. The van der Waals surface area contributed by atoms with Crippen LogP contribution in [0.4, 0.5) is 0 Å². The maximum Gasteiger partial charge on any atom is 0.179 e. The second-order valence-electron chi connectivity index (χ2n) is 3.70. The summed E-state index contributed by atoms with van der Waals surface area (Å²) >= 11 is 0. The number of likely N-dealkylation sites (N-methyl/N-ethyl adjacent to an activating group) is 1. The van der Waals surface area contributed by atoms with E-state index >= 15 is 0 Å². The van der Waals surface area contributed by atoms with Gasteiger partial charge in [-0.2, -0.15) is 0 Å². The molecule has 0 spiro atoms. The standard InChI is InChI=1S/C13H19NO/c1-4-11-7-6-8-12(9-11)13(15)10(3)14-5-2/h6-10,14H,4-5H2,1-3H3. The normalized spacial score (nSPS) is 12.5. The number of aryl methyl sites for hydroxylation is 1. The van der Waals surface area contributed by atoms with Crippen molar-refractivity contribution in [2.24, 2.45) is 0 Å². The monoisotopic (exact) mass is 205 g/mol. The van der Waals surface area contributed by atoms with E-state index in [1.165, 1.54) is 5.56 Å². The molecule has 0 aliphatic rings. The second-order valence-corrected chi connectivity index (χ2v) is 3.70. The minimum Gasteiger partial charge on any atom is -0.308 e. The van der Waals surface area contributed by atoms with Crippen LogP contribution in [0.15, 0.2) is 24.3 Å². The summed E-state index contributed by atoms with van der Waals surface area (Å²) in [5.74, 6) is 0.173. The molecule has 0 aromatic heterocycles. The van der Waals surface area contributed by atoms with Crippen LogP contribution >= 0.6 is 0 Å². The minimum atomic E-state index is -0.0953. The van der Waals surface area contributed by atoms with Gasteiger partial charge in [-0.3, -0.25) is 4.79 Å². The number of carbonyl (C=O) groups excluding carboxylic acids is 1. The quantitative estimate of drug-likeness (QED) is 0.748. The van der Waals surface area contributed by atoms with E-state index in [2.05, 4.69) is 18.3 Å². The smallest absolute Gasteiger partial charge is 0.179 e. The number of nitrogens with one attached hydrogen (secondary N) is 1. The maximum absolute atomic E-state index is 11.9. The fraction of sp³-hybridized carbons (Fsp3) is 0.462. The van der Waals surface area contributed by atoms with E-state index in [4.69, 9.17) is 0 Å². The van der Waals surface area contributed by atoms with E-state index in [1.54, 1.807) is 0 Å². The fourth-order valence-electron chi connectivity index (χ4n) is 1.59. The molecule has 0 fully saturated rings. The van der Waals surface area contributed by atoms with Gasteiger partial charge in [0.2, 0.25) is 0 Å². The van der Waals surface area contributed by atoms with Crippen LogP contribution in [-0.4, -0.2) is 18.4 Å². The SMILES string of the molecule is CCNC(C)C(=O)c1cccc(CC)c1. The van der Waals surface area contributed by atoms with Gasteiger partial charge >= 0.3 is 0 Å². The Balaban J connectivity index is 2.81. The number of hydrogen-bond donors (Lipinski definition) is 1. The van der Waals surface area contributed by atoms with Crippen molar-refractivity contribution in [2.75, 3.05) is 6.54 Å². The summed E-state index contributed by atoms with van der Waals surface area (Å²) in [6, 6.07) is 7.77. The molecule has 1 aromatic carbocycles. The van der Waals surface area contributed by atoms with Gasteiger partial charge in [0.05, 0.1) is 6.04 Å². The zero-order valence-corrected chi connectivity index (χ0v) is 9.71. The van der Waals surface area contributed by atoms with Gasteiger partial charge in [-0.1, -0.05) is 32.0 Å². The average Bonchev–Trinajstić information content (AvgIpc) is 2.28. The maximum atomic E-state index is 11.9. The predicted molar refractivity (Wildman–Crippen MR) is 63.3 cm³/mol. The van der Waals surface area contributed by atoms with Crippen LogP contribution in [0.3, 0.4) is 0 Å². The molecule has 1 aromatic rings. The van der Waals surface area contributed by atoms with Gasteiger partial charge in [0.15, 0.2) is 5.78 Å². The molecule has 0 heterocycles. The highest BCUT2D eigenvalue weighted by Gasteiger charge is 2.13. The Morgan fingerprint density at radius 3 is 2.73 bits per heavy atom. The summed E-state index contributed by atoms with van der Waals surface area (Å²) in [5, 5.41) is 3.13. The first-order valence-electron chi connectivity index (χ1n) is 5.55. The van der Waals surface area contributed by atoms with Gasteiger partial charge in [0, 0.05) is 5.56 Å². The molecule has 0 radical (unpaired) electrons. The lowest BCUT2D eigenvalue weighted by molar-refractivity contribution is 0.0952. The molecule has 1 unspecified atom stereocenters. The molecule has 15 heavy (non-hydrogen) atoms. The number of hydrogen-bond acceptors (Lipinski definition) is 2. The van der Waals surface area contributed by atoms with E-state index in [9.17, 15) is 4.79 Å². The summed E-state index contributed by atoms with van der Waals surface area (Å²) < 4.78 is 0. The Hall–Kier alpha value is -1.15. The van der Waals surface area contributed by atoms with Crippen LogP contribution in [0.25, 0.3) is 0 Å². The van der Waals surface area contributed by atoms with Crippen LogP contribution in [0.5, 0.6) is 0 Å². The summed E-state index contributed by atoms with van der Waals surface area (Å²) in [5.41, 5.74) is 2.02. The lowest BCUT2D eigenvalue weighted by Crippen LogP contribution is -2.33. The van der Waals surface area contributed by atoms with Crippen molar-refractivity contribution in [3.63, 3.8) is 0 Å². The molecule has 0 amide bonds. The Labute approximate surface area is 91.7 Å². The first-order valence-corrected chi connectivity index (χ1v) is 5.55. The molecule has 2 heteroatoms. The Morgan fingerprint density at radius 2 is 2.13 bits per heavy atom. The Kier molecular flexibility index (Phi) is 4.50. The van der Waals surface area contributed by atoms with Crippen LogP contribution in [0.1, 0.15) is 36.7 Å². The minimum absolute atomic E-state index is 0.0953. The fourth-order valence-corrected chi connectivity index (χ4v) is 1.59. The van der Waals surface area contributed by atoms with Gasteiger partial charge < -0.3 is 5.32 Å². The van der Waals surface area contributed by atoms with Gasteiger partial charge in [0.25, 0.3) is 0 Å². The average molecular weight is 205 g/mol. The predicted octanol–water partition coefficient (Wildman–Crippen LogP) is 2.43.